The van der Waals surface area contributed by atoms with E-state index in [0.29, 0.717) is 16.5 Å². The topological polar surface area (TPSA) is 46.2 Å². The van der Waals surface area contributed by atoms with Gasteiger partial charge >= 0.3 is 0 Å². The van der Waals surface area contributed by atoms with Gasteiger partial charge in [0, 0.05) is 4.47 Å². The Hall–Kier alpha value is -0.450. The van der Waals surface area contributed by atoms with Crippen molar-refractivity contribution in [3.05, 3.63) is 34.1 Å². The van der Waals surface area contributed by atoms with Crippen LogP contribution in [-0.2, 0) is 0 Å². The molecule has 0 spiro atoms. The van der Waals surface area contributed by atoms with Crippen LogP contribution in [0.3, 0.4) is 0 Å². The van der Waals surface area contributed by atoms with E-state index in [-0.39, 0.29) is 5.82 Å². The molecular weight excluding hydrogens is 261 g/mol. The van der Waals surface area contributed by atoms with Gasteiger partial charge in [-0.3, -0.25) is 0 Å². The van der Waals surface area contributed by atoms with E-state index in [9.17, 15) is 9.50 Å². The van der Waals surface area contributed by atoms with E-state index < -0.39 is 12.1 Å². The summed E-state index contributed by atoms with van der Waals surface area (Å²) in [5.41, 5.74) is 6.44. The molecule has 1 aromatic carbocycles. The Morgan fingerprint density at radius 2 is 2.13 bits per heavy atom. The summed E-state index contributed by atoms with van der Waals surface area (Å²) in [5, 5.41) is 9.69. The zero-order chi connectivity index (χ0) is 11.4. The Balaban J connectivity index is 2.85. The number of halogens is 2. The van der Waals surface area contributed by atoms with E-state index >= 15 is 0 Å². The molecule has 2 atom stereocenters. The van der Waals surface area contributed by atoms with Crippen LogP contribution in [-0.4, -0.2) is 11.2 Å². The molecule has 0 fully saturated rings. The summed E-state index contributed by atoms with van der Waals surface area (Å²) < 4.78 is 13.7. The van der Waals surface area contributed by atoms with Crippen LogP contribution in [0.5, 0.6) is 0 Å². The molecule has 0 heterocycles. The Bertz CT molecular complexity index is 312. The van der Waals surface area contributed by atoms with Gasteiger partial charge in [-0.1, -0.05) is 29.3 Å². The third-order valence-electron chi connectivity index (χ3n) is 2.27. The lowest BCUT2D eigenvalue weighted by Crippen LogP contribution is -2.26. The molecule has 0 aliphatic carbocycles. The fraction of sp³-hybridized carbons (Fsp3) is 0.455. The van der Waals surface area contributed by atoms with Crippen molar-refractivity contribution in [3.8, 4) is 0 Å². The van der Waals surface area contributed by atoms with Crippen molar-refractivity contribution in [1.29, 1.82) is 0 Å². The number of aliphatic hydroxyl groups is 1. The van der Waals surface area contributed by atoms with Crippen molar-refractivity contribution >= 4 is 15.9 Å². The first-order valence-electron chi connectivity index (χ1n) is 4.94. The molecular formula is C11H15BrFNO. The van der Waals surface area contributed by atoms with Crippen molar-refractivity contribution in [1.82, 2.24) is 0 Å². The van der Waals surface area contributed by atoms with Crippen molar-refractivity contribution in [2.24, 2.45) is 5.73 Å². The third kappa shape index (κ3) is 3.55. The molecule has 0 saturated heterocycles. The van der Waals surface area contributed by atoms with Gasteiger partial charge in [0.2, 0.25) is 0 Å². The second-order valence-electron chi connectivity index (χ2n) is 3.58. The first kappa shape index (κ1) is 12.6. The maximum absolute atomic E-state index is 13.1. The third-order valence-corrected chi connectivity index (χ3v) is 2.73. The number of aliphatic hydroxyl groups excluding tert-OH is 1. The van der Waals surface area contributed by atoms with E-state index in [4.69, 9.17) is 5.73 Å². The van der Waals surface area contributed by atoms with Gasteiger partial charge in [0.15, 0.2) is 0 Å². The number of nitrogens with two attached hydrogens (primary N) is 1. The second-order valence-corrected chi connectivity index (χ2v) is 4.50. The van der Waals surface area contributed by atoms with Crippen LogP contribution >= 0.6 is 15.9 Å². The molecule has 0 aliphatic rings. The van der Waals surface area contributed by atoms with Gasteiger partial charge in [0.25, 0.3) is 0 Å². The zero-order valence-corrected chi connectivity index (χ0v) is 10.2. The molecule has 0 unspecified atom stereocenters. The molecule has 1 aromatic rings. The highest BCUT2D eigenvalue weighted by molar-refractivity contribution is 9.10. The average molecular weight is 276 g/mol. The number of hydrogen-bond donors (Lipinski definition) is 2. The molecule has 84 valence electrons. The Labute approximate surface area is 97.4 Å². The molecule has 0 radical (unpaired) electrons. The molecule has 0 bridgehead atoms. The second kappa shape index (κ2) is 5.58. The van der Waals surface area contributed by atoms with E-state index in [2.05, 4.69) is 15.9 Å². The molecule has 2 nitrogen and oxygen atoms in total. The first-order valence-corrected chi connectivity index (χ1v) is 5.73. The van der Waals surface area contributed by atoms with Gasteiger partial charge in [-0.15, -0.1) is 0 Å². The van der Waals surface area contributed by atoms with Crippen LogP contribution in [0.4, 0.5) is 4.39 Å². The average Bonchev–Trinajstić information content (AvgIpc) is 2.15. The fourth-order valence-corrected chi connectivity index (χ4v) is 1.95. The predicted molar refractivity (Wildman–Crippen MR) is 61.9 cm³/mol. The van der Waals surface area contributed by atoms with Gasteiger partial charge < -0.3 is 10.8 Å². The van der Waals surface area contributed by atoms with Crippen LogP contribution in [0.2, 0.25) is 0 Å². The lowest BCUT2D eigenvalue weighted by molar-refractivity contribution is 0.134. The molecule has 3 N–H and O–H groups in total. The zero-order valence-electron chi connectivity index (χ0n) is 8.58. The van der Waals surface area contributed by atoms with Crippen LogP contribution in [0.1, 0.15) is 31.4 Å². The summed E-state index contributed by atoms with van der Waals surface area (Å²) in [6.45, 7) is 1.97. The van der Waals surface area contributed by atoms with E-state index in [1.165, 1.54) is 12.1 Å². The number of hydrogen-bond acceptors (Lipinski definition) is 2. The standard InChI is InChI=1S/C11H15BrFNO/c1-2-3-10(15)11(14)7-4-8(12)6-9(13)5-7/h4-6,10-11,15H,2-3,14H2,1H3/t10-,11+/m1/s1. The SMILES string of the molecule is CCC[C@@H](O)[C@@H](N)c1cc(F)cc(Br)c1. The molecule has 0 aliphatic heterocycles. The van der Waals surface area contributed by atoms with Gasteiger partial charge in [-0.05, 0) is 30.2 Å². The smallest absolute Gasteiger partial charge is 0.124 e. The molecule has 0 saturated carbocycles. The summed E-state index contributed by atoms with van der Waals surface area (Å²) in [6, 6.07) is 3.92. The Morgan fingerprint density at radius 3 is 2.67 bits per heavy atom. The van der Waals surface area contributed by atoms with E-state index in [1.54, 1.807) is 6.07 Å². The highest BCUT2D eigenvalue weighted by Gasteiger charge is 2.16. The minimum absolute atomic E-state index is 0.349. The summed E-state index contributed by atoms with van der Waals surface area (Å²) >= 11 is 3.19. The Morgan fingerprint density at radius 1 is 1.47 bits per heavy atom. The molecule has 0 aromatic heterocycles. The maximum Gasteiger partial charge on any atom is 0.124 e. The van der Waals surface area contributed by atoms with E-state index in [0.717, 1.165) is 6.42 Å². The quantitative estimate of drug-likeness (QED) is 0.888. The number of rotatable bonds is 4. The van der Waals surface area contributed by atoms with Crippen molar-refractivity contribution in [2.45, 2.75) is 31.9 Å². The highest BCUT2D eigenvalue weighted by atomic mass is 79.9. The van der Waals surface area contributed by atoms with Crippen molar-refractivity contribution in [3.63, 3.8) is 0 Å². The van der Waals surface area contributed by atoms with Crippen molar-refractivity contribution in [2.75, 3.05) is 0 Å². The monoisotopic (exact) mass is 275 g/mol. The Kier molecular flexibility index (Phi) is 4.70. The van der Waals surface area contributed by atoms with Gasteiger partial charge in [-0.25, -0.2) is 4.39 Å². The van der Waals surface area contributed by atoms with Gasteiger partial charge in [-0.2, -0.15) is 0 Å². The first-order chi connectivity index (χ1) is 7.04. The minimum Gasteiger partial charge on any atom is -0.391 e. The molecule has 15 heavy (non-hydrogen) atoms. The molecule has 4 heteroatoms. The normalized spacial score (nSPS) is 15.0. The maximum atomic E-state index is 13.1. The highest BCUT2D eigenvalue weighted by Crippen LogP contribution is 2.22. The summed E-state index contributed by atoms with van der Waals surface area (Å²) in [5.74, 6) is -0.349. The lowest BCUT2D eigenvalue weighted by Gasteiger charge is -2.18. The van der Waals surface area contributed by atoms with E-state index in [1.807, 2.05) is 6.92 Å². The van der Waals surface area contributed by atoms with Crippen molar-refractivity contribution < 1.29 is 9.50 Å². The van der Waals surface area contributed by atoms with Crippen LogP contribution in [0, 0.1) is 5.82 Å². The molecule has 1 rings (SSSR count). The summed E-state index contributed by atoms with van der Waals surface area (Å²) in [6.07, 6.45) is 0.851. The largest absolute Gasteiger partial charge is 0.391 e. The summed E-state index contributed by atoms with van der Waals surface area (Å²) in [4.78, 5) is 0. The van der Waals surface area contributed by atoms with Gasteiger partial charge in [0.1, 0.15) is 5.82 Å². The van der Waals surface area contributed by atoms with Crippen LogP contribution < -0.4 is 5.73 Å². The predicted octanol–water partition coefficient (Wildman–Crippen LogP) is 2.75. The van der Waals surface area contributed by atoms with Crippen LogP contribution in [0.25, 0.3) is 0 Å². The number of benzene rings is 1. The summed E-state index contributed by atoms with van der Waals surface area (Å²) in [7, 11) is 0. The van der Waals surface area contributed by atoms with Crippen LogP contribution in [0.15, 0.2) is 22.7 Å². The molecule has 0 amide bonds. The minimum atomic E-state index is -0.622. The lowest BCUT2D eigenvalue weighted by atomic mass is 9.99. The van der Waals surface area contributed by atoms with Gasteiger partial charge in [0.05, 0.1) is 12.1 Å². The fourth-order valence-electron chi connectivity index (χ4n) is 1.47.